The molecule has 1 saturated heterocycles. The Labute approximate surface area is 161 Å². The molecule has 1 aliphatic heterocycles. The second-order valence-corrected chi connectivity index (χ2v) is 7.81. The van der Waals surface area contributed by atoms with Crippen molar-refractivity contribution < 1.29 is 9.59 Å². The number of hydrogen-bond donors (Lipinski definition) is 2. The molecule has 0 aromatic carbocycles. The molecule has 0 spiro atoms. The Morgan fingerprint density at radius 2 is 2.00 bits per heavy atom. The summed E-state index contributed by atoms with van der Waals surface area (Å²) < 4.78 is 0. The molecule has 3 rings (SSSR count). The molecule has 7 nitrogen and oxygen atoms in total. The number of aromatic amines is 1. The van der Waals surface area contributed by atoms with Crippen LogP contribution in [0.1, 0.15) is 58.1 Å². The number of carbonyl (C=O) groups excluding carboxylic acids is 2. The molecule has 1 aromatic heterocycles. The van der Waals surface area contributed by atoms with Crippen LogP contribution < -0.4 is 5.32 Å². The smallest absolute Gasteiger partial charge is 0.240 e. The Kier molecular flexibility index (Phi) is 6.88. The van der Waals surface area contributed by atoms with Gasteiger partial charge < -0.3 is 15.2 Å². The van der Waals surface area contributed by atoms with Gasteiger partial charge in [-0.2, -0.15) is 0 Å². The molecule has 2 N–H and O–H groups in total. The first-order valence-corrected chi connectivity index (χ1v) is 10.4. The predicted molar refractivity (Wildman–Crippen MR) is 104 cm³/mol. The summed E-state index contributed by atoms with van der Waals surface area (Å²) in [5, 5.41) is 3.24. The average Bonchev–Trinajstić information content (AvgIpc) is 3.33. The van der Waals surface area contributed by atoms with Crippen LogP contribution in [0.25, 0.3) is 0 Å². The number of amides is 2. The number of hydrogen-bond acceptors (Lipinski definition) is 4. The molecule has 2 amide bonds. The molecule has 1 aromatic rings. The molecule has 1 saturated carbocycles. The molecule has 2 atom stereocenters. The first-order chi connectivity index (χ1) is 13.1. The van der Waals surface area contributed by atoms with Crippen molar-refractivity contribution in [2.75, 3.05) is 19.6 Å². The maximum atomic E-state index is 13.0. The van der Waals surface area contributed by atoms with Gasteiger partial charge in [0.1, 0.15) is 0 Å². The van der Waals surface area contributed by atoms with E-state index >= 15 is 0 Å². The number of nitrogens with zero attached hydrogens (tertiary/aromatic N) is 3. The lowest BCUT2D eigenvalue weighted by molar-refractivity contribution is -0.136. The lowest BCUT2D eigenvalue weighted by Crippen LogP contribution is -2.45. The summed E-state index contributed by atoms with van der Waals surface area (Å²) in [6.45, 7) is 6.80. The SMILES string of the molecule is CCN(CC)C(=O)[C@@H]1C[C@H](NC(=O)C2CCCCC2)CN1Cc1cnc[nH]1. The number of H-pyrrole nitrogens is 1. The Morgan fingerprint density at radius 3 is 2.63 bits per heavy atom. The van der Waals surface area contributed by atoms with E-state index in [2.05, 4.69) is 20.2 Å². The van der Waals surface area contributed by atoms with Crippen LogP contribution in [0.2, 0.25) is 0 Å². The quantitative estimate of drug-likeness (QED) is 0.763. The summed E-state index contributed by atoms with van der Waals surface area (Å²) in [7, 11) is 0. The number of rotatable bonds is 7. The Balaban J connectivity index is 1.66. The van der Waals surface area contributed by atoms with E-state index in [4.69, 9.17) is 0 Å². The summed E-state index contributed by atoms with van der Waals surface area (Å²) in [5.74, 6) is 0.489. The zero-order valence-corrected chi connectivity index (χ0v) is 16.6. The topological polar surface area (TPSA) is 81.3 Å². The van der Waals surface area contributed by atoms with Crippen molar-refractivity contribution in [3.63, 3.8) is 0 Å². The summed E-state index contributed by atoms with van der Waals surface area (Å²) in [5.41, 5.74) is 0.992. The summed E-state index contributed by atoms with van der Waals surface area (Å²) in [4.78, 5) is 37.0. The van der Waals surface area contributed by atoms with E-state index in [0.717, 1.165) is 31.4 Å². The number of likely N-dealkylation sites (N-methyl/N-ethyl adjacent to an activating group) is 1. The van der Waals surface area contributed by atoms with Crippen LogP contribution in [0.15, 0.2) is 12.5 Å². The molecule has 2 heterocycles. The average molecular weight is 376 g/mol. The molecule has 150 valence electrons. The summed E-state index contributed by atoms with van der Waals surface area (Å²) in [6, 6.07) is -0.156. The van der Waals surface area contributed by atoms with Crippen LogP contribution in [0.3, 0.4) is 0 Å². The van der Waals surface area contributed by atoms with Gasteiger partial charge >= 0.3 is 0 Å². The number of carbonyl (C=O) groups is 2. The van der Waals surface area contributed by atoms with Crippen molar-refractivity contribution in [2.24, 2.45) is 5.92 Å². The highest BCUT2D eigenvalue weighted by atomic mass is 16.2. The number of nitrogens with one attached hydrogen (secondary N) is 2. The third-order valence-electron chi connectivity index (χ3n) is 6.01. The van der Waals surface area contributed by atoms with Crippen molar-refractivity contribution in [3.05, 3.63) is 18.2 Å². The monoisotopic (exact) mass is 375 g/mol. The minimum atomic E-state index is -0.190. The Bertz CT molecular complexity index is 608. The fraction of sp³-hybridized carbons (Fsp3) is 0.750. The van der Waals surface area contributed by atoms with E-state index in [1.54, 1.807) is 12.5 Å². The molecule has 0 unspecified atom stereocenters. The molecule has 0 radical (unpaired) electrons. The second kappa shape index (κ2) is 9.35. The molecular formula is C20H33N5O2. The van der Waals surface area contributed by atoms with Crippen LogP contribution >= 0.6 is 0 Å². The first kappa shape index (κ1) is 19.9. The normalized spacial score (nSPS) is 24.1. The van der Waals surface area contributed by atoms with Gasteiger partial charge in [-0.1, -0.05) is 19.3 Å². The molecule has 2 aliphatic rings. The highest BCUT2D eigenvalue weighted by Gasteiger charge is 2.39. The third-order valence-corrected chi connectivity index (χ3v) is 6.01. The standard InChI is InChI=1S/C20H33N5O2/c1-3-24(4-2)20(27)18-10-16(12-25(18)13-17-11-21-14-22-17)23-19(26)15-8-6-5-7-9-15/h11,14-16,18H,3-10,12-13H2,1-2H3,(H,21,22)(H,23,26)/t16-,18-/m0/s1. The molecule has 2 fully saturated rings. The van der Waals surface area contributed by atoms with Gasteiger partial charge in [0.25, 0.3) is 0 Å². The van der Waals surface area contributed by atoms with Gasteiger partial charge in [-0.05, 0) is 33.1 Å². The maximum absolute atomic E-state index is 13.0. The minimum absolute atomic E-state index is 0.0341. The van der Waals surface area contributed by atoms with Gasteiger partial charge in [0, 0.05) is 50.0 Å². The lowest BCUT2D eigenvalue weighted by Gasteiger charge is -2.28. The van der Waals surface area contributed by atoms with Crippen molar-refractivity contribution in [1.29, 1.82) is 0 Å². The Hall–Kier alpha value is -1.89. The number of likely N-dealkylation sites (tertiary alicyclic amines) is 1. The minimum Gasteiger partial charge on any atom is -0.352 e. The fourth-order valence-electron chi connectivity index (χ4n) is 4.46. The van der Waals surface area contributed by atoms with Crippen LogP contribution in [-0.2, 0) is 16.1 Å². The number of imidazole rings is 1. The second-order valence-electron chi connectivity index (χ2n) is 7.81. The molecule has 27 heavy (non-hydrogen) atoms. The van der Waals surface area contributed by atoms with Crippen molar-refractivity contribution >= 4 is 11.8 Å². The van der Waals surface area contributed by atoms with Crippen LogP contribution in [0, 0.1) is 5.92 Å². The summed E-state index contributed by atoms with van der Waals surface area (Å²) >= 11 is 0. The fourth-order valence-corrected chi connectivity index (χ4v) is 4.46. The van der Waals surface area contributed by atoms with E-state index in [1.807, 2.05) is 18.7 Å². The van der Waals surface area contributed by atoms with E-state index in [-0.39, 0.29) is 29.8 Å². The van der Waals surface area contributed by atoms with Crippen LogP contribution in [0.4, 0.5) is 0 Å². The molecule has 0 bridgehead atoms. The van der Waals surface area contributed by atoms with Crippen molar-refractivity contribution in [2.45, 2.75) is 71.0 Å². The predicted octanol–water partition coefficient (Wildman–Crippen LogP) is 1.92. The van der Waals surface area contributed by atoms with E-state index < -0.39 is 0 Å². The van der Waals surface area contributed by atoms with Gasteiger partial charge in [0.15, 0.2) is 0 Å². The van der Waals surface area contributed by atoms with Gasteiger partial charge in [-0.3, -0.25) is 14.5 Å². The van der Waals surface area contributed by atoms with E-state index in [0.29, 0.717) is 32.6 Å². The lowest BCUT2D eigenvalue weighted by atomic mass is 9.88. The van der Waals surface area contributed by atoms with E-state index in [9.17, 15) is 9.59 Å². The zero-order chi connectivity index (χ0) is 19.2. The molecular weight excluding hydrogens is 342 g/mol. The van der Waals surface area contributed by atoms with Crippen LogP contribution in [-0.4, -0.2) is 63.3 Å². The van der Waals surface area contributed by atoms with E-state index in [1.165, 1.54) is 6.42 Å². The van der Waals surface area contributed by atoms with Gasteiger partial charge in [0.2, 0.25) is 11.8 Å². The largest absolute Gasteiger partial charge is 0.352 e. The van der Waals surface area contributed by atoms with Gasteiger partial charge in [-0.25, -0.2) is 4.98 Å². The van der Waals surface area contributed by atoms with Crippen LogP contribution in [0.5, 0.6) is 0 Å². The zero-order valence-electron chi connectivity index (χ0n) is 16.6. The van der Waals surface area contributed by atoms with Crippen molar-refractivity contribution in [1.82, 2.24) is 25.1 Å². The molecule has 7 heteroatoms. The van der Waals surface area contributed by atoms with Gasteiger partial charge in [0.05, 0.1) is 12.4 Å². The summed E-state index contributed by atoms with van der Waals surface area (Å²) in [6.07, 6.45) is 9.68. The third kappa shape index (κ3) is 4.89. The number of aromatic nitrogens is 2. The first-order valence-electron chi connectivity index (χ1n) is 10.4. The highest BCUT2D eigenvalue weighted by Crippen LogP contribution is 2.26. The maximum Gasteiger partial charge on any atom is 0.240 e. The molecule has 1 aliphatic carbocycles. The highest BCUT2D eigenvalue weighted by molar-refractivity contribution is 5.83. The Morgan fingerprint density at radius 1 is 1.26 bits per heavy atom. The van der Waals surface area contributed by atoms with Gasteiger partial charge in [-0.15, -0.1) is 0 Å². The van der Waals surface area contributed by atoms with Crippen molar-refractivity contribution in [3.8, 4) is 0 Å².